The van der Waals surface area contributed by atoms with E-state index in [4.69, 9.17) is 5.26 Å². The summed E-state index contributed by atoms with van der Waals surface area (Å²) in [6.07, 6.45) is -3.27. The highest BCUT2D eigenvalue weighted by atomic mass is 19.4. The Morgan fingerprint density at radius 3 is 2.50 bits per heavy atom. The first-order valence-corrected chi connectivity index (χ1v) is 7.67. The standard InChI is InChI=1S/C19H16F3N3O/c1-13-5-7-14(8-6-13)11-24-12-15(10-23)18(26)25-17-4-2-3-16(9-17)19(20,21)22/h2-9,12,24H,11H2,1H3,(H,25,26)/b15-12-. The van der Waals surface area contributed by atoms with Crippen LogP contribution >= 0.6 is 0 Å². The van der Waals surface area contributed by atoms with E-state index >= 15 is 0 Å². The Hall–Kier alpha value is -3.27. The number of amides is 1. The lowest BCUT2D eigenvalue weighted by atomic mass is 10.1. The highest BCUT2D eigenvalue weighted by Gasteiger charge is 2.30. The molecule has 0 aliphatic carbocycles. The van der Waals surface area contributed by atoms with E-state index in [1.54, 1.807) is 6.07 Å². The molecule has 0 aliphatic rings. The summed E-state index contributed by atoms with van der Waals surface area (Å²) in [6.45, 7) is 2.37. The molecule has 2 rings (SSSR count). The number of halogens is 3. The van der Waals surface area contributed by atoms with Crippen LogP contribution in [0.4, 0.5) is 18.9 Å². The highest BCUT2D eigenvalue weighted by Crippen LogP contribution is 2.30. The van der Waals surface area contributed by atoms with Crippen LogP contribution in [0.1, 0.15) is 16.7 Å². The van der Waals surface area contributed by atoms with Crippen molar-refractivity contribution < 1.29 is 18.0 Å². The molecule has 2 aromatic carbocycles. The normalized spacial score (nSPS) is 11.6. The molecule has 0 spiro atoms. The molecule has 2 aromatic rings. The predicted molar refractivity (Wildman–Crippen MR) is 91.8 cm³/mol. The van der Waals surface area contributed by atoms with E-state index in [9.17, 15) is 18.0 Å². The van der Waals surface area contributed by atoms with Gasteiger partial charge in [-0.15, -0.1) is 0 Å². The molecular weight excluding hydrogens is 343 g/mol. The maximum absolute atomic E-state index is 12.7. The van der Waals surface area contributed by atoms with Crippen molar-refractivity contribution in [3.05, 3.63) is 77.0 Å². The average Bonchev–Trinajstić information content (AvgIpc) is 2.59. The van der Waals surface area contributed by atoms with Gasteiger partial charge in [-0.2, -0.15) is 18.4 Å². The van der Waals surface area contributed by atoms with E-state index in [2.05, 4.69) is 10.6 Å². The van der Waals surface area contributed by atoms with Crippen molar-refractivity contribution in [1.29, 1.82) is 5.26 Å². The summed E-state index contributed by atoms with van der Waals surface area (Å²) in [5.74, 6) is -0.789. The summed E-state index contributed by atoms with van der Waals surface area (Å²) in [5, 5.41) is 14.2. The number of carbonyl (C=O) groups excluding carboxylic acids is 1. The van der Waals surface area contributed by atoms with E-state index in [0.717, 1.165) is 23.3 Å². The third-order valence-electron chi connectivity index (χ3n) is 3.49. The number of hydrogen-bond donors (Lipinski definition) is 2. The smallest absolute Gasteiger partial charge is 0.386 e. The van der Waals surface area contributed by atoms with Crippen molar-refractivity contribution in [2.75, 3.05) is 5.32 Å². The molecular formula is C19H16F3N3O. The lowest BCUT2D eigenvalue weighted by Gasteiger charge is -2.09. The van der Waals surface area contributed by atoms with Gasteiger partial charge in [0.1, 0.15) is 11.6 Å². The van der Waals surface area contributed by atoms with Crippen LogP contribution in [0, 0.1) is 18.3 Å². The molecule has 1 amide bonds. The molecule has 0 unspecified atom stereocenters. The highest BCUT2D eigenvalue weighted by molar-refractivity contribution is 6.06. The number of carbonyl (C=O) groups is 1. The minimum atomic E-state index is -4.51. The van der Waals surface area contributed by atoms with Crippen molar-refractivity contribution in [2.45, 2.75) is 19.6 Å². The quantitative estimate of drug-likeness (QED) is 0.623. The van der Waals surface area contributed by atoms with Gasteiger partial charge in [0.25, 0.3) is 5.91 Å². The van der Waals surface area contributed by atoms with Crippen molar-refractivity contribution in [3.63, 3.8) is 0 Å². The molecule has 0 saturated heterocycles. The minimum Gasteiger partial charge on any atom is -0.386 e. The molecule has 0 heterocycles. The second kappa shape index (κ2) is 8.21. The first kappa shape index (κ1) is 19.1. The van der Waals surface area contributed by atoms with Crippen LogP contribution in [0.25, 0.3) is 0 Å². The number of hydrogen-bond acceptors (Lipinski definition) is 3. The lowest BCUT2D eigenvalue weighted by Crippen LogP contribution is -2.17. The monoisotopic (exact) mass is 359 g/mol. The van der Waals surface area contributed by atoms with E-state index in [1.807, 2.05) is 31.2 Å². The van der Waals surface area contributed by atoms with E-state index in [0.29, 0.717) is 6.54 Å². The average molecular weight is 359 g/mol. The molecule has 0 fully saturated rings. The van der Waals surface area contributed by atoms with Crippen molar-refractivity contribution in [2.24, 2.45) is 0 Å². The van der Waals surface area contributed by atoms with Gasteiger partial charge in [0, 0.05) is 18.4 Å². The van der Waals surface area contributed by atoms with Gasteiger partial charge in [0.15, 0.2) is 0 Å². The zero-order valence-corrected chi connectivity index (χ0v) is 13.9. The first-order chi connectivity index (χ1) is 12.3. The summed E-state index contributed by atoms with van der Waals surface area (Å²) in [7, 11) is 0. The first-order valence-electron chi connectivity index (χ1n) is 7.67. The number of anilines is 1. The molecule has 0 atom stereocenters. The maximum Gasteiger partial charge on any atom is 0.416 e. The third-order valence-corrected chi connectivity index (χ3v) is 3.49. The fourth-order valence-corrected chi connectivity index (χ4v) is 2.10. The Bertz CT molecular complexity index is 850. The van der Waals surface area contributed by atoms with Crippen LogP contribution in [0.2, 0.25) is 0 Å². The van der Waals surface area contributed by atoms with Gasteiger partial charge < -0.3 is 10.6 Å². The molecule has 2 N–H and O–H groups in total. The summed E-state index contributed by atoms with van der Waals surface area (Å²) < 4.78 is 38.1. The maximum atomic E-state index is 12.7. The molecule has 0 aliphatic heterocycles. The van der Waals surface area contributed by atoms with Gasteiger partial charge in [-0.3, -0.25) is 4.79 Å². The number of nitrogens with zero attached hydrogens (tertiary/aromatic N) is 1. The van der Waals surface area contributed by atoms with Gasteiger partial charge in [-0.05, 0) is 30.7 Å². The van der Waals surface area contributed by atoms with E-state index < -0.39 is 17.6 Å². The number of nitrogens with one attached hydrogen (secondary N) is 2. The Morgan fingerprint density at radius 2 is 1.88 bits per heavy atom. The zero-order valence-electron chi connectivity index (χ0n) is 13.9. The lowest BCUT2D eigenvalue weighted by molar-refractivity contribution is -0.137. The fourth-order valence-electron chi connectivity index (χ4n) is 2.10. The van der Waals surface area contributed by atoms with Crippen LogP contribution in [0.5, 0.6) is 0 Å². The molecule has 134 valence electrons. The predicted octanol–water partition coefficient (Wildman–Crippen LogP) is 4.15. The number of nitriles is 1. The number of rotatable bonds is 5. The summed E-state index contributed by atoms with van der Waals surface area (Å²) in [4.78, 5) is 12.1. The Labute approximate surface area is 149 Å². The van der Waals surface area contributed by atoms with Gasteiger partial charge >= 0.3 is 6.18 Å². The van der Waals surface area contributed by atoms with Crippen LogP contribution in [-0.2, 0) is 17.5 Å². The van der Waals surface area contributed by atoms with Crippen molar-refractivity contribution in [3.8, 4) is 6.07 Å². The number of aryl methyl sites for hydroxylation is 1. The largest absolute Gasteiger partial charge is 0.416 e. The Morgan fingerprint density at radius 1 is 1.19 bits per heavy atom. The zero-order chi connectivity index (χ0) is 19.2. The molecule has 0 radical (unpaired) electrons. The fraction of sp³-hybridized carbons (Fsp3) is 0.158. The molecule has 4 nitrogen and oxygen atoms in total. The van der Waals surface area contributed by atoms with Crippen LogP contribution in [0.3, 0.4) is 0 Å². The molecule has 0 bridgehead atoms. The van der Waals surface area contributed by atoms with Gasteiger partial charge in [-0.25, -0.2) is 0 Å². The van der Waals surface area contributed by atoms with Crippen molar-refractivity contribution >= 4 is 11.6 Å². The van der Waals surface area contributed by atoms with Crippen molar-refractivity contribution in [1.82, 2.24) is 5.32 Å². The minimum absolute atomic E-state index is 0.0375. The third kappa shape index (κ3) is 5.38. The second-order valence-corrected chi connectivity index (χ2v) is 5.57. The summed E-state index contributed by atoms with van der Waals surface area (Å²) >= 11 is 0. The van der Waals surface area contributed by atoms with E-state index in [1.165, 1.54) is 18.3 Å². The summed E-state index contributed by atoms with van der Waals surface area (Å²) in [5.41, 5.74) is 0.916. The van der Waals surface area contributed by atoms with Gasteiger partial charge in [-0.1, -0.05) is 35.9 Å². The van der Waals surface area contributed by atoms with Crippen LogP contribution in [-0.4, -0.2) is 5.91 Å². The topological polar surface area (TPSA) is 64.9 Å². The molecule has 7 heteroatoms. The molecule has 0 aromatic heterocycles. The Balaban J connectivity index is 2.02. The SMILES string of the molecule is Cc1ccc(CN/C=C(/C#N)C(=O)Nc2cccc(C(F)(F)F)c2)cc1. The number of benzene rings is 2. The number of alkyl halides is 3. The second-order valence-electron chi connectivity index (χ2n) is 5.57. The molecule has 26 heavy (non-hydrogen) atoms. The van der Waals surface area contributed by atoms with Crippen LogP contribution in [0.15, 0.2) is 60.3 Å². The molecule has 0 saturated carbocycles. The van der Waals surface area contributed by atoms with Crippen LogP contribution < -0.4 is 10.6 Å². The summed E-state index contributed by atoms with van der Waals surface area (Å²) in [6, 6.07) is 13.6. The van der Waals surface area contributed by atoms with Gasteiger partial charge in [0.05, 0.1) is 5.56 Å². The Kier molecular flexibility index (Phi) is 6.02. The van der Waals surface area contributed by atoms with Gasteiger partial charge in [0.2, 0.25) is 0 Å². The van der Waals surface area contributed by atoms with E-state index in [-0.39, 0.29) is 11.3 Å².